The van der Waals surface area contributed by atoms with Gasteiger partial charge in [-0.2, -0.15) is 0 Å². The highest BCUT2D eigenvalue weighted by Crippen LogP contribution is 2.30. The van der Waals surface area contributed by atoms with E-state index >= 15 is 0 Å². The van der Waals surface area contributed by atoms with Crippen molar-refractivity contribution in [3.05, 3.63) is 82.9 Å². The van der Waals surface area contributed by atoms with Crippen LogP contribution in [0.4, 0.5) is 0 Å². The summed E-state index contributed by atoms with van der Waals surface area (Å²) in [7, 11) is 1.76. The topological polar surface area (TPSA) is 9.23 Å². The Hall–Kier alpha value is -2.38. The SMILES string of the molecule is CCCc1ccc(-c2ccc(-c3ccc(C)c(CCOC)c3)cc2C)cc1. The van der Waals surface area contributed by atoms with Crippen molar-refractivity contribution in [2.24, 2.45) is 0 Å². The van der Waals surface area contributed by atoms with E-state index in [1.54, 1.807) is 7.11 Å². The van der Waals surface area contributed by atoms with Gasteiger partial charge in [-0.05, 0) is 71.2 Å². The van der Waals surface area contributed by atoms with Crippen LogP contribution in [0.5, 0.6) is 0 Å². The van der Waals surface area contributed by atoms with Crippen molar-refractivity contribution in [1.82, 2.24) is 0 Å². The monoisotopic (exact) mass is 358 g/mol. The predicted molar refractivity (Wildman–Crippen MR) is 116 cm³/mol. The Morgan fingerprint density at radius 2 is 1.37 bits per heavy atom. The summed E-state index contributed by atoms with van der Waals surface area (Å²) in [4.78, 5) is 0. The van der Waals surface area contributed by atoms with Gasteiger partial charge in [0.25, 0.3) is 0 Å². The molecule has 0 heterocycles. The summed E-state index contributed by atoms with van der Waals surface area (Å²) in [5, 5.41) is 0. The second kappa shape index (κ2) is 9.01. The van der Waals surface area contributed by atoms with Gasteiger partial charge < -0.3 is 4.74 Å². The lowest BCUT2D eigenvalue weighted by Crippen LogP contribution is -1.97. The lowest BCUT2D eigenvalue weighted by Gasteiger charge is -2.12. The van der Waals surface area contributed by atoms with E-state index in [0.717, 1.165) is 19.4 Å². The Kier molecular flexibility index (Phi) is 6.47. The molecule has 27 heavy (non-hydrogen) atoms. The number of rotatable bonds is 7. The molecular weight excluding hydrogens is 328 g/mol. The Bertz CT molecular complexity index is 891. The standard InChI is InChI=1S/C26H30O/c1-5-6-21-8-11-22(12-9-21)26-14-13-24(17-20(26)3)25-10-7-19(2)23(18-25)15-16-27-4/h7-14,17-18H,5-6,15-16H2,1-4H3. The lowest BCUT2D eigenvalue weighted by molar-refractivity contribution is 0.202. The first kappa shape index (κ1) is 19.4. The lowest BCUT2D eigenvalue weighted by atomic mass is 9.93. The smallest absolute Gasteiger partial charge is 0.0502 e. The van der Waals surface area contributed by atoms with E-state index in [0.29, 0.717) is 0 Å². The van der Waals surface area contributed by atoms with Gasteiger partial charge >= 0.3 is 0 Å². The van der Waals surface area contributed by atoms with E-state index in [1.807, 2.05) is 0 Å². The van der Waals surface area contributed by atoms with Crippen molar-refractivity contribution in [2.45, 2.75) is 40.0 Å². The fourth-order valence-corrected chi connectivity index (χ4v) is 3.64. The van der Waals surface area contributed by atoms with Gasteiger partial charge in [-0.15, -0.1) is 0 Å². The molecule has 0 atom stereocenters. The highest BCUT2D eigenvalue weighted by Gasteiger charge is 2.07. The molecule has 0 saturated heterocycles. The van der Waals surface area contributed by atoms with E-state index in [2.05, 4.69) is 81.4 Å². The second-order valence-corrected chi connectivity index (χ2v) is 7.36. The maximum atomic E-state index is 5.25. The van der Waals surface area contributed by atoms with Crippen LogP contribution in [0, 0.1) is 13.8 Å². The zero-order valence-electron chi connectivity index (χ0n) is 17.0. The minimum absolute atomic E-state index is 0.760. The number of hydrogen-bond donors (Lipinski definition) is 0. The van der Waals surface area contributed by atoms with Gasteiger partial charge in [0.2, 0.25) is 0 Å². The third-order valence-corrected chi connectivity index (χ3v) is 5.29. The van der Waals surface area contributed by atoms with Gasteiger partial charge in [0.1, 0.15) is 0 Å². The molecular formula is C26H30O. The molecule has 3 aromatic rings. The van der Waals surface area contributed by atoms with Crippen molar-refractivity contribution in [3.8, 4) is 22.3 Å². The Balaban J connectivity index is 1.88. The largest absolute Gasteiger partial charge is 0.384 e. The molecule has 3 aromatic carbocycles. The van der Waals surface area contributed by atoms with Crippen LogP contribution >= 0.6 is 0 Å². The molecule has 0 aromatic heterocycles. The fraction of sp³-hybridized carbons (Fsp3) is 0.308. The molecule has 3 rings (SSSR count). The molecule has 0 bridgehead atoms. The molecule has 0 N–H and O–H groups in total. The van der Waals surface area contributed by atoms with Gasteiger partial charge in [0.05, 0.1) is 6.61 Å². The zero-order chi connectivity index (χ0) is 19.2. The summed E-state index contributed by atoms with van der Waals surface area (Å²) in [5.74, 6) is 0. The van der Waals surface area contributed by atoms with Crippen LogP contribution in [0.2, 0.25) is 0 Å². The Morgan fingerprint density at radius 1 is 0.704 bits per heavy atom. The zero-order valence-corrected chi connectivity index (χ0v) is 17.0. The number of benzene rings is 3. The van der Waals surface area contributed by atoms with Crippen molar-refractivity contribution in [3.63, 3.8) is 0 Å². The van der Waals surface area contributed by atoms with Crippen LogP contribution in [0.25, 0.3) is 22.3 Å². The fourth-order valence-electron chi connectivity index (χ4n) is 3.64. The van der Waals surface area contributed by atoms with Crippen molar-refractivity contribution in [1.29, 1.82) is 0 Å². The summed E-state index contributed by atoms with van der Waals surface area (Å²) < 4.78 is 5.25. The molecule has 0 radical (unpaired) electrons. The van der Waals surface area contributed by atoms with Crippen molar-refractivity contribution >= 4 is 0 Å². The average molecular weight is 359 g/mol. The molecule has 0 fully saturated rings. The van der Waals surface area contributed by atoms with Crippen LogP contribution in [0.3, 0.4) is 0 Å². The first-order valence-electron chi connectivity index (χ1n) is 9.91. The maximum Gasteiger partial charge on any atom is 0.0502 e. The first-order chi connectivity index (χ1) is 13.1. The molecule has 0 spiro atoms. The third kappa shape index (κ3) is 4.67. The van der Waals surface area contributed by atoms with Crippen LogP contribution < -0.4 is 0 Å². The van der Waals surface area contributed by atoms with Gasteiger partial charge in [-0.1, -0.05) is 74.0 Å². The highest BCUT2D eigenvalue weighted by molar-refractivity contribution is 5.74. The Labute approximate surface area is 164 Å². The minimum atomic E-state index is 0.760. The number of methoxy groups -OCH3 is 1. The van der Waals surface area contributed by atoms with E-state index in [9.17, 15) is 0 Å². The van der Waals surface area contributed by atoms with Gasteiger partial charge in [0.15, 0.2) is 0 Å². The number of ether oxygens (including phenoxy) is 1. The van der Waals surface area contributed by atoms with Crippen LogP contribution in [0.1, 0.15) is 35.6 Å². The van der Waals surface area contributed by atoms with Crippen molar-refractivity contribution < 1.29 is 4.74 Å². The van der Waals surface area contributed by atoms with Crippen molar-refractivity contribution in [2.75, 3.05) is 13.7 Å². The van der Waals surface area contributed by atoms with Crippen LogP contribution in [-0.2, 0) is 17.6 Å². The molecule has 0 aliphatic heterocycles. The Morgan fingerprint density at radius 3 is 2.04 bits per heavy atom. The van der Waals surface area contributed by atoms with E-state index in [4.69, 9.17) is 4.74 Å². The molecule has 0 unspecified atom stereocenters. The van der Waals surface area contributed by atoms with E-state index in [1.165, 1.54) is 50.9 Å². The summed E-state index contributed by atoms with van der Waals surface area (Å²) in [5.41, 5.74) is 10.6. The summed E-state index contributed by atoms with van der Waals surface area (Å²) in [6.45, 7) is 7.36. The first-order valence-corrected chi connectivity index (χ1v) is 9.91. The van der Waals surface area contributed by atoms with Crippen LogP contribution in [0.15, 0.2) is 60.7 Å². The normalized spacial score (nSPS) is 11.0. The van der Waals surface area contributed by atoms with Gasteiger partial charge in [-0.3, -0.25) is 0 Å². The second-order valence-electron chi connectivity index (χ2n) is 7.36. The van der Waals surface area contributed by atoms with E-state index < -0.39 is 0 Å². The molecule has 1 nitrogen and oxygen atoms in total. The summed E-state index contributed by atoms with van der Waals surface area (Å²) in [6, 6.07) is 22.6. The van der Waals surface area contributed by atoms with Crippen LogP contribution in [-0.4, -0.2) is 13.7 Å². The average Bonchev–Trinajstić information content (AvgIpc) is 2.68. The molecule has 1 heteroatoms. The molecule has 0 amide bonds. The van der Waals surface area contributed by atoms with E-state index in [-0.39, 0.29) is 0 Å². The molecule has 0 aliphatic rings. The maximum absolute atomic E-state index is 5.25. The molecule has 140 valence electrons. The molecule has 0 saturated carbocycles. The third-order valence-electron chi connectivity index (χ3n) is 5.29. The molecule has 0 aliphatic carbocycles. The number of aryl methyl sites for hydroxylation is 3. The quantitative estimate of drug-likeness (QED) is 0.452. The summed E-state index contributed by atoms with van der Waals surface area (Å²) in [6.07, 6.45) is 3.30. The summed E-state index contributed by atoms with van der Waals surface area (Å²) >= 11 is 0. The highest BCUT2D eigenvalue weighted by atomic mass is 16.5. The predicted octanol–water partition coefficient (Wildman–Crippen LogP) is 6.78. The van der Waals surface area contributed by atoms with Gasteiger partial charge in [0, 0.05) is 7.11 Å². The number of hydrogen-bond acceptors (Lipinski definition) is 1. The minimum Gasteiger partial charge on any atom is -0.384 e. The van der Waals surface area contributed by atoms with Gasteiger partial charge in [-0.25, -0.2) is 0 Å².